The lowest BCUT2D eigenvalue weighted by Gasteiger charge is -2.30. The summed E-state index contributed by atoms with van der Waals surface area (Å²) >= 11 is 0. The maximum absolute atomic E-state index is 12.4. The quantitative estimate of drug-likeness (QED) is 0.838. The van der Waals surface area contributed by atoms with Crippen molar-refractivity contribution in [2.24, 2.45) is 0 Å². The van der Waals surface area contributed by atoms with Crippen molar-refractivity contribution in [3.63, 3.8) is 0 Å². The molecule has 1 aliphatic heterocycles. The molecule has 0 aliphatic carbocycles. The second-order valence-electron chi connectivity index (χ2n) is 5.80. The summed E-state index contributed by atoms with van der Waals surface area (Å²) in [5.74, 6) is 0.0746. The summed E-state index contributed by atoms with van der Waals surface area (Å²) in [4.78, 5) is 28.2. The van der Waals surface area contributed by atoms with E-state index in [1.54, 1.807) is 11.0 Å². The van der Waals surface area contributed by atoms with E-state index in [4.69, 9.17) is 4.42 Å². The highest BCUT2D eigenvalue weighted by Gasteiger charge is 2.22. The molecule has 1 aromatic heterocycles. The van der Waals surface area contributed by atoms with Gasteiger partial charge in [0.15, 0.2) is 0 Å². The summed E-state index contributed by atoms with van der Waals surface area (Å²) in [6.07, 6.45) is 6.72. The minimum absolute atomic E-state index is 0.0570. The third-order valence-corrected chi connectivity index (χ3v) is 3.93. The number of hydrogen-bond donors (Lipinski definition) is 0. The topological polar surface area (TPSA) is 53.8 Å². The average Bonchev–Trinajstić information content (AvgIpc) is 3.02. The lowest BCUT2D eigenvalue weighted by Crippen LogP contribution is -2.41. The zero-order valence-corrected chi connectivity index (χ0v) is 12.9. The number of hydrogen-bond acceptors (Lipinski definition) is 3. The van der Waals surface area contributed by atoms with Crippen LogP contribution < -0.4 is 0 Å². The van der Waals surface area contributed by atoms with Crippen molar-refractivity contribution in [3.05, 3.63) is 24.2 Å². The molecule has 21 heavy (non-hydrogen) atoms. The van der Waals surface area contributed by atoms with Gasteiger partial charge in [0.2, 0.25) is 5.91 Å². The minimum Gasteiger partial charge on any atom is -0.472 e. The van der Waals surface area contributed by atoms with Crippen LogP contribution in [0.15, 0.2) is 23.0 Å². The Hall–Kier alpha value is -1.78. The van der Waals surface area contributed by atoms with Gasteiger partial charge in [0.25, 0.3) is 5.91 Å². The molecule has 2 rings (SSSR count). The summed E-state index contributed by atoms with van der Waals surface area (Å²) in [6, 6.07) is 1.71. The van der Waals surface area contributed by atoms with Crippen LogP contribution in [-0.2, 0) is 4.79 Å². The van der Waals surface area contributed by atoms with Crippen LogP contribution in [0.25, 0.3) is 0 Å². The Balaban J connectivity index is 1.91. The van der Waals surface area contributed by atoms with Gasteiger partial charge in [0.1, 0.15) is 6.26 Å². The van der Waals surface area contributed by atoms with Gasteiger partial charge in [-0.05, 0) is 39.2 Å². The van der Waals surface area contributed by atoms with Gasteiger partial charge in [-0.1, -0.05) is 0 Å². The predicted molar refractivity (Wildman–Crippen MR) is 79.9 cm³/mol. The van der Waals surface area contributed by atoms with Gasteiger partial charge in [-0.15, -0.1) is 0 Å². The van der Waals surface area contributed by atoms with Crippen molar-refractivity contribution < 1.29 is 14.0 Å². The normalized spacial score (nSPS) is 15.3. The van der Waals surface area contributed by atoms with E-state index in [0.29, 0.717) is 18.5 Å². The number of carbonyl (C=O) groups is 2. The monoisotopic (exact) mass is 292 g/mol. The van der Waals surface area contributed by atoms with Gasteiger partial charge < -0.3 is 14.2 Å². The highest BCUT2D eigenvalue weighted by molar-refractivity contribution is 5.94. The maximum atomic E-state index is 12.4. The van der Waals surface area contributed by atoms with Crippen molar-refractivity contribution in [3.8, 4) is 0 Å². The molecule has 0 spiro atoms. The molecule has 0 unspecified atom stereocenters. The van der Waals surface area contributed by atoms with Crippen LogP contribution in [0.3, 0.4) is 0 Å². The Bertz CT molecular complexity index is 462. The van der Waals surface area contributed by atoms with Gasteiger partial charge >= 0.3 is 0 Å². The predicted octanol–water partition coefficient (Wildman–Crippen LogP) is 2.53. The van der Waals surface area contributed by atoms with Crippen LogP contribution in [0, 0.1) is 0 Å². The highest BCUT2D eigenvalue weighted by atomic mass is 16.3. The Kier molecular flexibility index (Phi) is 5.42. The zero-order valence-electron chi connectivity index (χ0n) is 12.9. The first-order valence-corrected chi connectivity index (χ1v) is 7.70. The van der Waals surface area contributed by atoms with E-state index < -0.39 is 0 Å². The standard InChI is InChI=1S/C16H24N2O3/c1-13(2)18(16(20)14-7-11-21-12-14)10-6-15(19)17-8-4-3-5-9-17/h7,11-13H,3-6,8-10H2,1-2H3. The minimum atomic E-state index is -0.0785. The fourth-order valence-electron chi connectivity index (χ4n) is 2.66. The molecule has 116 valence electrons. The molecular weight excluding hydrogens is 268 g/mol. The van der Waals surface area contributed by atoms with Crippen molar-refractivity contribution in [1.82, 2.24) is 9.80 Å². The van der Waals surface area contributed by atoms with E-state index >= 15 is 0 Å². The van der Waals surface area contributed by atoms with E-state index in [0.717, 1.165) is 25.9 Å². The number of carbonyl (C=O) groups excluding carboxylic acids is 2. The number of rotatable bonds is 5. The molecule has 1 saturated heterocycles. The summed E-state index contributed by atoms with van der Waals surface area (Å²) in [6.45, 7) is 6.09. The molecule has 0 radical (unpaired) electrons. The smallest absolute Gasteiger partial charge is 0.257 e. The van der Waals surface area contributed by atoms with Crippen LogP contribution in [0.2, 0.25) is 0 Å². The van der Waals surface area contributed by atoms with Gasteiger partial charge in [-0.2, -0.15) is 0 Å². The van der Waals surface area contributed by atoms with Gasteiger partial charge in [-0.3, -0.25) is 9.59 Å². The van der Waals surface area contributed by atoms with Crippen molar-refractivity contribution in [2.45, 2.75) is 45.6 Å². The second kappa shape index (κ2) is 7.29. The summed E-state index contributed by atoms with van der Waals surface area (Å²) < 4.78 is 4.96. The molecule has 0 N–H and O–H groups in total. The largest absolute Gasteiger partial charge is 0.472 e. The Labute approximate surface area is 125 Å². The zero-order chi connectivity index (χ0) is 15.2. The SMILES string of the molecule is CC(C)N(CCC(=O)N1CCCCC1)C(=O)c1ccoc1. The first-order valence-electron chi connectivity index (χ1n) is 7.70. The molecule has 5 nitrogen and oxygen atoms in total. The molecule has 2 heterocycles. The molecule has 0 saturated carbocycles. The average molecular weight is 292 g/mol. The van der Waals surface area contributed by atoms with Gasteiger partial charge in [-0.25, -0.2) is 0 Å². The molecule has 2 amide bonds. The summed E-state index contributed by atoms with van der Waals surface area (Å²) in [5.41, 5.74) is 0.536. The summed E-state index contributed by atoms with van der Waals surface area (Å²) in [5, 5.41) is 0. The van der Waals surface area contributed by atoms with Crippen molar-refractivity contribution >= 4 is 11.8 Å². The van der Waals surface area contributed by atoms with E-state index in [2.05, 4.69) is 0 Å². The molecule has 1 aliphatic rings. The highest BCUT2D eigenvalue weighted by Crippen LogP contribution is 2.13. The maximum Gasteiger partial charge on any atom is 0.257 e. The van der Waals surface area contributed by atoms with Crippen molar-refractivity contribution in [1.29, 1.82) is 0 Å². The number of furan rings is 1. The number of nitrogens with zero attached hydrogens (tertiary/aromatic N) is 2. The third kappa shape index (κ3) is 4.09. The summed E-state index contributed by atoms with van der Waals surface area (Å²) in [7, 11) is 0. The van der Waals surface area contributed by atoms with Crippen LogP contribution in [-0.4, -0.2) is 47.3 Å². The number of likely N-dealkylation sites (tertiary alicyclic amines) is 1. The molecule has 0 aromatic carbocycles. The van der Waals surface area contributed by atoms with E-state index in [1.165, 1.54) is 18.9 Å². The molecule has 0 atom stereocenters. The second-order valence-corrected chi connectivity index (χ2v) is 5.80. The number of amides is 2. The van der Waals surface area contributed by atoms with Crippen LogP contribution in [0.1, 0.15) is 49.9 Å². The molecule has 1 aromatic rings. The molecular formula is C16H24N2O3. The fraction of sp³-hybridized carbons (Fsp3) is 0.625. The van der Waals surface area contributed by atoms with Crippen LogP contribution >= 0.6 is 0 Å². The Morgan fingerprint density at radius 1 is 1.29 bits per heavy atom. The van der Waals surface area contributed by atoms with Crippen molar-refractivity contribution in [2.75, 3.05) is 19.6 Å². The molecule has 1 fully saturated rings. The fourth-order valence-corrected chi connectivity index (χ4v) is 2.66. The van der Waals surface area contributed by atoms with E-state index in [1.807, 2.05) is 18.7 Å². The van der Waals surface area contributed by atoms with E-state index in [9.17, 15) is 9.59 Å². The van der Waals surface area contributed by atoms with E-state index in [-0.39, 0.29) is 17.9 Å². The lowest BCUT2D eigenvalue weighted by molar-refractivity contribution is -0.132. The van der Waals surface area contributed by atoms with Crippen LogP contribution in [0.4, 0.5) is 0 Å². The van der Waals surface area contributed by atoms with Gasteiger partial charge in [0, 0.05) is 32.1 Å². The first kappa shape index (κ1) is 15.6. The Morgan fingerprint density at radius 3 is 2.57 bits per heavy atom. The first-order chi connectivity index (χ1) is 10.1. The van der Waals surface area contributed by atoms with Crippen LogP contribution in [0.5, 0.6) is 0 Å². The molecule has 5 heteroatoms. The van der Waals surface area contributed by atoms with Gasteiger partial charge in [0.05, 0.1) is 11.8 Å². The Morgan fingerprint density at radius 2 is 2.00 bits per heavy atom. The number of piperidine rings is 1. The lowest BCUT2D eigenvalue weighted by atomic mass is 10.1. The third-order valence-electron chi connectivity index (χ3n) is 3.93. The molecule has 0 bridgehead atoms.